The number of anilines is 2. The van der Waals surface area contributed by atoms with Crippen LogP contribution in [0.25, 0.3) is 11.4 Å². The number of aromatic amines is 1. The normalized spacial score (nSPS) is 12.8. The molecule has 1 amide bonds. The number of aromatic nitrogens is 2. The second-order valence-electron chi connectivity index (χ2n) is 8.46. The van der Waals surface area contributed by atoms with E-state index in [1.165, 1.54) is 17.2 Å². The van der Waals surface area contributed by atoms with Crippen LogP contribution in [0.3, 0.4) is 0 Å². The highest BCUT2D eigenvalue weighted by Crippen LogP contribution is 2.25. The monoisotopic (exact) mass is 450 g/mol. The van der Waals surface area contributed by atoms with E-state index < -0.39 is 0 Å². The summed E-state index contributed by atoms with van der Waals surface area (Å²) in [5.74, 6) is 0.310. The minimum atomic E-state index is -0.187. The van der Waals surface area contributed by atoms with Gasteiger partial charge in [0.1, 0.15) is 5.82 Å². The third-order valence-corrected chi connectivity index (χ3v) is 6.18. The molecule has 0 spiro atoms. The van der Waals surface area contributed by atoms with Crippen LogP contribution >= 0.6 is 0 Å². The van der Waals surface area contributed by atoms with E-state index in [1.54, 1.807) is 0 Å². The summed E-state index contributed by atoms with van der Waals surface area (Å²) < 4.78 is 0. The van der Waals surface area contributed by atoms with E-state index in [4.69, 9.17) is 0 Å². The second kappa shape index (κ2) is 9.35. The van der Waals surface area contributed by atoms with Gasteiger partial charge < -0.3 is 15.2 Å². The zero-order chi connectivity index (χ0) is 23.5. The number of benzene rings is 3. The number of aryl methyl sites for hydroxylation is 1. The average Bonchev–Trinajstić information content (AvgIpc) is 2.88. The predicted molar refractivity (Wildman–Crippen MR) is 135 cm³/mol. The van der Waals surface area contributed by atoms with Crippen molar-refractivity contribution in [3.8, 4) is 11.4 Å². The van der Waals surface area contributed by atoms with Gasteiger partial charge in [-0.05, 0) is 60.4 Å². The smallest absolute Gasteiger partial charge is 0.255 e. The molecule has 34 heavy (non-hydrogen) atoms. The van der Waals surface area contributed by atoms with Crippen molar-refractivity contribution in [3.63, 3.8) is 0 Å². The van der Waals surface area contributed by atoms with E-state index in [9.17, 15) is 9.59 Å². The SMILES string of the molecule is CCc1cc(=O)[nH]c(-c2cccc(NC(=O)c3ccc(N4CCc5ccccc5C4)cc3)c2)n1. The Kier molecular flexibility index (Phi) is 5.95. The fourth-order valence-corrected chi connectivity index (χ4v) is 4.31. The quantitative estimate of drug-likeness (QED) is 0.457. The van der Waals surface area contributed by atoms with Crippen LogP contribution in [0.15, 0.2) is 83.7 Å². The molecule has 4 aromatic rings. The molecule has 170 valence electrons. The Morgan fingerprint density at radius 2 is 1.79 bits per heavy atom. The third-order valence-electron chi connectivity index (χ3n) is 6.18. The van der Waals surface area contributed by atoms with Crippen LogP contribution in [-0.4, -0.2) is 22.4 Å². The topological polar surface area (TPSA) is 78.1 Å². The molecule has 1 aliphatic heterocycles. The Labute approximate surface area is 198 Å². The van der Waals surface area contributed by atoms with Gasteiger partial charge in [0.2, 0.25) is 0 Å². The van der Waals surface area contributed by atoms with E-state index in [0.29, 0.717) is 23.5 Å². The zero-order valence-electron chi connectivity index (χ0n) is 19.0. The number of hydrogen-bond acceptors (Lipinski definition) is 4. The highest BCUT2D eigenvalue weighted by molar-refractivity contribution is 6.04. The van der Waals surface area contributed by atoms with Crippen molar-refractivity contribution in [2.24, 2.45) is 0 Å². The molecular formula is C28H26N4O2. The van der Waals surface area contributed by atoms with Gasteiger partial charge in [0.15, 0.2) is 0 Å². The van der Waals surface area contributed by atoms with Crippen LogP contribution in [0.2, 0.25) is 0 Å². The Balaban J connectivity index is 1.29. The fourth-order valence-electron chi connectivity index (χ4n) is 4.31. The maximum absolute atomic E-state index is 12.9. The number of amides is 1. The minimum absolute atomic E-state index is 0.184. The number of nitrogens with one attached hydrogen (secondary N) is 2. The first kappa shape index (κ1) is 21.6. The number of hydrogen-bond donors (Lipinski definition) is 2. The average molecular weight is 451 g/mol. The van der Waals surface area contributed by atoms with Crippen molar-refractivity contribution in [1.29, 1.82) is 0 Å². The van der Waals surface area contributed by atoms with Gasteiger partial charge in [0.05, 0.1) is 0 Å². The van der Waals surface area contributed by atoms with Gasteiger partial charge in [-0.2, -0.15) is 0 Å². The summed E-state index contributed by atoms with van der Waals surface area (Å²) in [5, 5.41) is 2.95. The number of carbonyl (C=O) groups excluding carboxylic acids is 1. The summed E-state index contributed by atoms with van der Waals surface area (Å²) in [5.41, 5.74) is 6.40. The van der Waals surface area contributed by atoms with Crippen LogP contribution in [0.4, 0.5) is 11.4 Å². The number of fused-ring (bicyclic) bond motifs is 1. The first-order valence-corrected chi connectivity index (χ1v) is 11.5. The minimum Gasteiger partial charge on any atom is -0.367 e. The van der Waals surface area contributed by atoms with Crippen molar-refractivity contribution in [2.75, 3.05) is 16.8 Å². The number of H-pyrrole nitrogens is 1. The Morgan fingerprint density at radius 1 is 1.00 bits per heavy atom. The molecule has 0 saturated carbocycles. The van der Waals surface area contributed by atoms with Gasteiger partial charge in [-0.3, -0.25) is 9.59 Å². The van der Waals surface area contributed by atoms with Crippen LogP contribution in [0, 0.1) is 0 Å². The molecule has 0 saturated heterocycles. The summed E-state index contributed by atoms with van der Waals surface area (Å²) in [7, 11) is 0. The van der Waals surface area contributed by atoms with Crippen molar-refractivity contribution in [2.45, 2.75) is 26.3 Å². The summed E-state index contributed by atoms with van der Waals surface area (Å²) in [6.45, 7) is 3.80. The van der Waals surface area contributed by atoms with Crippen LogP contribution < -0.4 is 15.8 Å². The molecule has 6 heteroatoms. The lowest BCUT2D eigenvalue weighted by molar-refractivity contribution is 0.102. The van der Waals surface area contributed by atoms with E-state index in [-0.39, 0.29) is 11.5 Å². The Morgan fingerprint density at radius 3 is 2.59 bits per heavy atom. The van der Waals surface area contributed by atoms with E-state index >= 15 is 0 Å². The number of nitrogens with zero attached hydrogens (tertiary/aromatic N) is 2. The Hall–Kier alpha value is -4.19. The largest absolute Gasteiger partial charge is 0.367 e. The standard InChI is InChI=1S/C28H26N4O2/c1-2-23-17-26(33)31-27(29-23)21-8-5-9-24(16-21)30-28(34)20-10-12-25(13-11-20)32-15-14-19-6-3-4-7-22(19)18-32/h3-13,16-17H,2,14-15,18H2,1H3,(H,30,34)(H,29,31,33). The first-order chi connectivity index (χ1) is 16.6. The van der Waals surface area contributed by atoms with E-state index in [2.05, 4.69) is 44.5 Å². The van der Waals surface area contributed by atoms with Gasteiger partial charge in [0.25, 0.3) is 11.5 Å². The molecule has 0 radical (unpaired) electrons. The lowest BCUT2D eigenvalue weighted by atomic mass is 9.99. The molecule has 3 aromatic carbocycles. The van der Waals surface area contributed by atoms with Crippen molar-refractivity contribution >= 4 is 17.3 Å². The number of rotatable bonds is 5. The van der Waals surface area contributed by atoms with Crippen molar-refractivity contribution in [3.05, 3.63) is 112 Å². The molecule has 0 unspecified atom stereocenters. The summed E-state index contributed by atoms with van der Waals surface area (Å²) in [4.78, 5) is 34.4. The van der Waals surface area contributed by atoms with Gasteiger partial charge in [-0.25, -0.2) is 4.98 Å². The molecule has 1 aromatic heterocycles. The van der Waals surface area contributed by atoms with E-state index in [1.807, 2.05) is 55.5 Å². The lowest BCUT2D eigenvalue weighted by Gasteiger charge is -2.30. The third kappa shape index (κ3) is 4.62. The first-order valence-electron chi connectivity index (χ1n) is 11.5. The van der Waals surface area contributed by atoms with Gasteiger partial charge in [-0.1, -0.05) is 43.3 Å². The summed E-state index contributed by atoms with van der Waals surface area (Å²) >= 11 is 0. The highest BCUT2D eigenvalue weighted by Gasteiger charge is 2.16. The molecular weight excluding hydrogens is 424 g/mol. The number of carbonyl (C=O) groups is 1. The Bertz CT molecular complexity index is 1390. The molecule has 5 rings (SSSR count). The van der Waals surface area contributed by atoms with Crippen LogP contribution in [-0.2, 0) is 19.4 Å². The van der Waals surface area contributed by atoms with Gasteiger partial charge in [0, 0.05) is 47.4 Å². The zero-order valence-corrected chi connectivity index (χ0v) is 19.0. The summed E-state index contributed by atoms with van der Waals surface area (Å²) in [6.07, 6.45) is 1.70. The van der Waals surface area contributed by atoms with Gasteiger partial charge >= 0.3 is 0 Å². The predicted octanol–water partition coefficient (Wildman–Crippen LogP) is 4.81. The van der Waals surface area contributed by atoms with Crippen LogP contribution in [0.1, 0.15) is 34.1 Å². The van der Waals surface area contributed by atoms with Gasteiger partial charge in [-0.15, -0.1) is 0 Å². The maximum atomic E-state index is 12.9. The molecule has 0 aliphatic carbocycles. The van der Waals surface area contributed by atoms with Crippen molar-refractivity contribution in [1.82, 2.24) is 9.97 Å². The fraction of sp³-hybridized carbons (Fsp3) is 0.179. The van der Waals surface area contributed by atoms with E-state index in [0.717, 1.165) is 36.5 Å². The lowest BCUT2D eigenvalue weighted by Crippen LogP contribution is -2.30. The molecule has 2 N–H and O–H groups in total. The molecule has 0 atom stereocenters. The molecule has 0 bridgehead atoms. The maximum Gasteiger partial charge on any atom is 0.255 e. The molecule has 2 heterocycles. The van der Waals surface area contributed by atoms with Crippen LogP contribution in [0.5, 0.6) is 0 Å². The molecule has 6 nitrogen and oxygen atoms in total. The van der Waals surface area contributed by atoms with Crippen molar-refractivity contribution < 1.29 is 4.79 Å². The highest BCUT2D eigenvalue weighted by atomic mass is 16.1. The second-order valence-corrected chi connectivity index (χ2v) is 8.46. The molecule has 1 aliphatic rings. The summed E-state index contributed by atoms with van der Waals surface area (Å²) in [6, 6.07) is 25.1. The molecule has 0 fully saturated rings.